The van der Waals surface area contributed by atoms with Crippen molar-refractivity contribution in [2.24, 2.45) is 23.5 Å². The van der Waals surface area contributed by atoms with Gasteiger partial charge in [0.1, 0.15) is 6.10 Å². The van der Waals surface area contributed by atoms with Crippen LogP contribution < -0.4 is 5.73 Å². The van der Waals surface area contributed by atoms with E-state index in [1.54, 1.807) is 0 Å². The first-order valence-electron chi connectivity index (χ1n) is 7.40. The molecule has 0 aromatic carbocycles. The largest absolute Gasteiger partial charge is 0.462 e. The number of hydrogen-bond acceptors (Lipinski definition) is 3. The highest BCUT2D eigenvalue weighted by molar-refractivity contribution is 5.69. The lowest BCUT2D eigenvalue weighted by Gasteiger charge is -2.26. The van der Waals surface area contributed by atoms with E-state index in [0.717, 1.165) is 25.2 Å². The van der Waals surface area contributed by atoms with Gasteiger partial charge >= 0.3 is 5.97 Å². The molecule has 18 heavy (non-hydrogen) atoms. The van der Waals surface area contributed by atoms with Crippen LogP contribution in [0.15, 0.2) is 0 Å². The molecule has 0 spiro atoms. The summed E-state index contributed by atoms with van der Waals surface area (Å²) in [7, 11) is 0. The second-order valence-corrected chi connectivity index (χ2v) is 6.31. The normalized spacial score (nSPS) is 26.1. The lowest BCUT2D eigenvalue weighted by Crippen LogP contribution is -2.26. The Bertz CT molecular complexity index is 245. The number of nitrogens with two attached hydrogens (primary N) is 1. The fraction of sp³-hybridized carbons (Fsp3) is 0.933. The number of ether oxygens (including phenoxy) is 1. The van der Waals surface area contributed by atoms with Crippen molar-refractivity contribution in [3.8, 4) is 0 Å². The number of carbonyl (C=O) groups excluding carboxylic acids is 1. The standard InChI is InChI=1S/C15H29NO2/c1-11(2)8-13(10-16)9-15(17)18-14-6-4-12(3)5-7-14/h11-14H,4-10,16H2,1-3H3. The Hall–Kier alpha value is -0.570. The Labute approximate surface area is 111 Å². The molecule has 0 aliphatic heterocycles. The molecule has 0 bridgehead atoms. The van der Waals surface area contributed by atoms with E-state index < -0.39 is 0 Å². The monoisotopic (exact) mass is 255 g/mol. The van der Waals surface area contributed by atoms with Crippen LogP contribution in [0.5, 0.6) is 0 Å². The minimum atomic E-state index is -0.0503. The summed E-state index contributed by atoms with van der Waals surface area (Å²) in [4.78, 5) is 11.9. The minimum Gasteiger partial charge on any atom is -0.462 e. The van der Waals surface area contributed by atoms with E-state index in [1.165, 1.54) is 12.8 Å². The predicted molar refractivity (Wildman–Crippen MR) is 74.1 cm³/mol. The van der Waals surface area contributed by atoms with Crippen molar-refractivity contribution in [2.45, 2.75) is 65.4 Å². The molecule has 3 heteroatoms. The van der Waals surface area contributed by atoms with Crippen LogP contribution >= 0.6 is 0 Å². The van der Waals surface area contributed by atoms with E-state index in [2.05, 4.69) is 20.8 Å². The number of carbonyl (C=O) groups is 1. The molecule has 1 rings (SSSR count). The predicted octanol–water partition coefficient (Wildman–Crippen LogP) is 3.12. The summed E-state index contributed by atoms with van der Waals surface area (Å²) in [5.74, 6) is 1.60. The third kappa shape index (κ3) is 5.85. The molecule has 106 valence electrons. The summed E-state index contributed by atoms with van der Waals surface area (Å²) in [5.41, 5.74) is 5.71. The lowest BCUT2D eigenvalue weighted by molar-refractivity contribution is -0.152. The third-order valence-corrected chi connectivity index (χ3v) is 3.85. The minimum absolute atomic E-state index is 0.0503. The highest BCUT2D eigenvalue weighted by Gasteiger charge is 2.23. The molecular weight excluding hydrogens is 226 g/mol. The fourth-order valence-corrected chi connectivity index (χ4v) is 2.75. The SMILES string of the molecule is CC(C)CC(CN)CC(=O)OC1CCC(C)CC1. The van der Waals surface area contributed by atoms with Crippen LogP contribution in [0, 0.1) is 17.8 Å². The van der Waals surface area contributed by atoms with E-state index in [9.17, 15) is 4.79 Å². The molecule has 1 aliphatic rings. The van der Waals surface area contributed by atoms with Gasteiger partial charge < -0.3 is 10.5 Å². The van der Waals surface area contributed by atoms with E-state index >= 15 is 0 Å². The van der Waals surface area contributed by atoms with Crippen molar-refractivity contribution < 1.29 is 9.53 Å². The zero-order valence-corrected chi connectivity index (χ0v) is 12.2. The zero-order chi connectivity index (χ0) is 13.5. The van der Waals surface area contributed by atoms with Gasteiger partial charge in [-0.25, -0.2) is 0 Å². The quantitative estimate of drug-likeness (QED) is 0.742. The van der Waals surface area contributed by atoms with Gasteiger partial charge in [-0.2, -0.15) is 0 Å². The number of hydrogen-bond donors (Lipinski definition) is 1. The average Bonchev–Trinajstić information content (AvgIpc) is 2.30. The maximum Gasteiger partial charge on any atom is 0.306 e. The van der Waals surface area contributed by atoms with Crippen molar-refractivity contribution in [3.05, 3.63) is 0 Å². The van der Waals surface area contributed by atoms with Gasteiger partial charge in [-0.3, -0.25) is 4.79 Å². The molecule has 1 saturated carbocycles. The highest BCUT2D eigenvalue weighted by Crippen LogP contribution is 2.26. The smallest absolute Gasteiger partial charge is 0.306 e. The van der Waals surface area contributed by atoms with Crippen LogP contribution in [-0.4, -0.2) is 18.6 Å². The first-order chi connectivity index (χ1) is 8.51. The molecule has 0 amide bonds. The van der Waals surface area contributed by atoms with Gasteiger partial charge in [-0.15, -0.1) is 0 Å². The van der Waals surface area contributed by atoms with Crippen LogP contribution in [0.25, 0.3) is 0 Å². The van der Waals surface area contributed by atoms with Crippen LogP contribution in [0.4, 0.5) is 0 Å². The highest BCUT2D eigenvalue weighted by atomic mass is 16.5. The number of rotatable bonds is 6. The van der Waals surface area contributed by atoms with Crippen molar-refractivity contribution >= 4 is 5.97 Å². The van der Waals surface area contributed by atoms with Gasteiger partial charge in [0.25, 0.3) is 0 Å². The maximum atomic E-state index is 11.9. The van der Waals surface area contributed by atoms with Gasteiger partial charge in [0.15, 0.2) is 0 Å². The Balaban J connectivity index is 2.27. The van der Waals surface area contributed by atoms with Gasteiger partial charge in [0, 0.05) is 6.42 Å². The molecule has 1 unspecified atom stereocenters. The lowest BCUT2D eigenvalue weighted by atomic mass is 9.89. The Kier molecular flexibility index (Phi) is 6.69. The van der Waals surface area contributed by atoms with Gasteiger partial charge in [-0.05, 0) is 56.4 Å². The summed E-state index contributed by atoms with van der Waals surface area (Å²) in [6.45, 7) is 7.17. The Morgan fingerprint density at radius 1 is 1.28 bits per heavy atom. The molecule has 1 atom stereocenters. The molecule has 0 aromatic rings. The Morgan fingerprint density at radius 2 is 1.89 bits per heavy atom. The van der Waals surface area contributed by atoms with Crippen LogP contribution in [0.1, 0.15) is 59.3 Å². The fourth-order valence-electron chi connectivity index (χ4n) is 2.75. The summed E-state index contributed by atoms with van der Waals surface area (Å²) in [6, 6.07) is 0. The molecule has 0 radical (unpaired) electrons. The Morgan fingerprint density at radius 3 is 2.39 bits per heavy atom. The van der Waals surface area contributed by atoms with E-state index in [-0.39, 0.29) is 18.0 Å². The molecule has 3 nitrogen and oxygen atoms in total. The van der Waals surface area contributed by atoms with Crippen LogP contribution in [-0.2, 0) is 9.53 Å². The zero-order valence-electron chi connectivity index (χ0n) is 12.2. The summed E-state index contributed by atoms with van der Waals surface area (Å²) >= 11 is 0. The first-order valence-corrected chi connectivity index (χ1v) is 7.40. The molecular formula is C15H29NO2. The summed E-state index contributed by atoms with van der Waals surface area (Å²) < 4.78 is 5.56. The van der Waals surface area contributed by atoms with Gasteiger partial charge in [-0.1, -0.05) is 20.8 Å². The van der Waals surface area contributed by atoms with E-state index in [4.69, 9.17) is 10.5 Å². The molecule has 0 saturated heterocycles. The van der Waals surface area contributed by atoms with Crippen molar-refractivity contribution in [2.75, 3.05) is 6.54 Å². The van der Waals surface area contributed by atoms with Gasteiger partial charge in [0.05, 0.1) is 0 Å². The summed E-state index contributed by atoms with van der Waals surface area (Å²) in [6.07, 6.45) is 6.09. The van der Waals surface area contributed by atoms with Crippen LogP contribution in [0.2, 0.25) is 0 Å². The third-order valence-electron chi connectivity index (χ3n) is 3.85. The molecule has 0 heterocycles. The molecule has 1 aliphatic carbocycles. The van der Waals surface area contributed by atoms with Crippen LogP contribution in [0.3, 0.4) is 0 Å². The van der Waals surface area contributed by atoms with E-state index in [1.807, 2.05) is 0 Å². The molecule has 1 fully saturated rings. The average molecular weight is 255 g/mol. The van der Waals surface area contributed by atoms with Crippen molar-refractivity contribution in [1.29, 1.82) is 0 Å². The van der Waals surface area contributed by atoms with Crippen molar-refractivity contribution in [1.82, 2.24) is 0 Å². The second kappa shape index (κ2) is 7.78. The first kappa shape index (κ1) is 15.5. The van der Waals surface area contributed by atoms with Gasteiger partial charge in [0.2, 0.25) is 0 Å². The number of esters is 1. The second-order valence-electron chi connectivity index (χ2n) is 6.31. The maximum absolute atomic E-state index is 11.9. The topological polar surface area (TPSA) is 52.3 Å². The summed E-state index contributed by atoms with van der Waals surface area (Å²) in [5, 5.41) is 0. The van der Waals surface area contributed by atoms with E-state index in [0.29, 0.717) is 18.9 Å². The molecule has 0 aromatic heterocycles. The van der Waals surface area contributed by atoms with Crippen molar-refractivity contribution in [3.63, 3.8) is 0 Å². The molecule has 2 N–H and O–H groups in total.